The van der Waals surface area contributed by atoms with E-state index in [-0.39, 0.29) is 5.91 Å². The Morgan fingerprint density at radius 1 is 1.47 bits per heavy atom. The third kappa shape index (κ3) is 2.90. The van der Waals surface area contributed by atoms with Crippen LogP contribution in [0.1, 0.15) is 6.92 Å². The minimum absolute atomic E-state index is 0.170. The first-order valence-corrected chi connectivity index (χ1v) is 6.92. The fraction of sp³-hybridized carbons (Fsp3) is 0.231. The summed E-state index contributed by atoms with van der Waals surface area (Å²) >= 11 is 6.47. The minimum atomic E-state index is -0.170. The molecule has 1 aliphatic heterocycles. The Kier molecular flexibility index (Phi) is 4.44. The Labute approximate surface area is 121 Å². The van der Waals surface area contributed by atoms with E-state index in [0.29, 0.717) is 27.3 Å². The molecular formula is C13H13NO3S2. The summed E-state index contributed by atoms with van der Waals surface area (Å²) < 4.78 is 10.8. The molecule has 0 atom stereocenters. The SMILES string of the molecule is CCOC=C1SC(=S)N(c2cccc(OC)c2)C1=O. The number of carbonyl (C=O) groups is 1. The zero-order valence-corrected chi connectivity index (χ0v) is 12.2. The molecule has 1 aromatic carbocycles. The first kappa shape index (κ1) is 13.9. The van der Waals surface area contributed by atoms with Gasteiger partial charge in [0.15, 0.2) is 4.32 Å². The lowest BCUT2D eigenvalue weighted by atomic mass is 10.2. The van der Waals surface area contributed by atoms with E-state index in [1.165, 1.54) is 22.9 Å². The van der Waals surface area contributed by atoms with Gasteiger partial charge >= 0.3 is 0 Å². The molecular weight excluding hydrogens is 282 g/mol. The van der Waals surface area contributed by atoms with Crippen molar-refractivity contribution in [3.8, 4) is 5.75 Å². The third-order valence-corrected chi connectivity index (χ3v) is 3.74. The second-order valence-corrected chi connectivity index (χ2v) is 5.32. The lowest BCUT2D eigenvalue weighted by molar-refractivity contribution is -0.113. The van der Waals surface area contributed by atoms with E-state index in [0.717, 1.165) is 0 Å². The zero-order chi connectivity index (χ0) is 13.8. The van der Waals surface area contributed by atoms with E-state index in [1.807, 2.05) is 25.1 Å². The molecule has 0 radical (unpaired) electrons. The molecule has 19 heavy (non-hydrogen) atoms. The number of anilines is 1. The second-order valence-electron chi connectivity index (χ2n) is 3.65. The Morgan fingerprint density at radius 3 is 2.95 bits per heavy atom. The average Bonchev–Trinajstić information content (AvgIpc) is 2.71. The van der Waals surface area contributed by atoms with Crippen molar-refractivity contribution in [3.05, 3.63) is 35.4 Å². The van der Waals surface area contributed by atoms with Gasteiger partial charge in [-0.2, -0.15) is 0 Å². The highest BCUT2D eigenvalue weighted by atomic mass is 32.2. The lowest BCUT2D eigenvalue weighted by Crippen LogP contribution is -2.27. The van der Waals surface area contributed by atoms with Crippen molar-refractivity contribution >= 4 is 39.9 Å². The Bertz CT molecular complexity index is 542. The molecule has 6 heteroatoms. The molecule has 1 fully saturated rings. The summed E-state index contributed by atoms with van der Waals surface area (Å²) in [5.41, 5.74) is 0.696. The highest BCUT2D eigenvalue weighted by Gasteiger charge is 2.33. The number of methoxy groups -OCH3 is 1. The molecule has 0 aromatic heterocycles. The van der Waals surface area contributed by atoms with Crippen LogP contribution in [0.3, 0.4) is 0 Å². The van der Waals surface area contributed by atoms with Crippen LogP contribution in [0.15, 0.2) is 35.4 Å². The molecule has 1 saturated heterocycles. The summed E-state index contributed by atoms with van der Waals surface area (Å²) in [5.74, 6) is 0.511. The molecule has 4 nitrogen and oxygen atoms in total. The average molecular weight is 295 g/mol. The van der Waals surface area contributed by atoms with Crippen LogP contribution in [-0.2, 0) is 9.53 Å². The van der Waals surface area contributed by atoms with Crippen molar-refractivity contribution in [1.82, 2.24) is 0 Å². The topological polar surface area (TPSA) is 38.8 Å². The van der Waals surface area contributed by atoms with E-state index >= 15 is 0 Å². The maximum absolute atomic E-state index is 12.3. The molecule has 0 aliphatic carbocycles. The maximum atomic E-state index is 12.3. The maximum Gasteiger partial charge on any atom is 0.273 e. The number of thiocarbonyl (C=S) groups is 1. The van der Waals surface area contributed by atoms with Gasteiger partial charge in [-0.1, -0.05) is 30.0 Å². The summed E-state index contributed by atoms with van der Waals surface area (Å²) in [6.45, 7) is 2.38. The second kappa shape index (κ2) is 6.08. The van der Waals surface area contributed by atoms with Gasteiger partial charge in [0.2, 0.25) is 0 Å². The number of hydrogen-bond donors (Lipinski definition) is 0. The van der Waals surface area contributed by atoms with Crippen LogP contribution < -0.4 is 9.64 Å². The summed E-state index contributed by atoms with van der Waals surface area (Å²) in [6, 6.07) is 7.22. The predicted octanol–water partition coefficient (Wildman–Crippen LogP) is 2.94. The molecule has 0 N–H and O–H groups in total. The van der Waals surface area contributed by atoms with Crippen LogP contribution >= 0.6 is 24.0 Å². The molecule has 1 aliphatic rings. The van der Waals surface area contributed by atoms with Crippen LogP contribution in [0, 0.1) is 0 Å². The van der Waals surface area contributed by atoms with Crippen molar-refractivity contribution in [1.29, 1.82) is 0 Å². The lowest BCUT2D eigenvalue weighted by Gasteiger charge is -2.15. The number of rotatable bonds is 4. The van der Waals surface area contributed by atoms with Gasteiger partial charge in [0.05, 0.1) is 19.4 Å². The molecule has 1 amide bonds. The van der Waals surface area contributed by atoms with Gasteiger partial charge in [0.25, 0.3) is 5.91 Å². The van der Waals surface area contributed by atoms with Crippen molar-refractivity contribution < 1.29 is 14.3 Å². The fourth-order valence-corrected chi connectivity index (χ4v) is 2.80. The first-order valence-electron chi connectivity index (χ1n) is 5.69. The predicted molar refractivity (Wildman–Crippen MR) is 80.4 cm³/mol. The van der Waals surface area contributed by atoms with Gasteiger partial charge in [0, 0.05) is 6.07 Å². The van der Waals surface area contributed by atoms with E-state index in [4.69, 9.17) is 21.7 Å². The summed E-state index contributed by atoms with van der Waals surface area (Å²) in [4.78, 5) is 14.2. The molecule has 1 aromatic rings. The monoisotopic (exact) mass is 295 g/mol. The normalized spacial score (nSPS) is 17.2. The standard InChI is InChI=1S/C13H13NO3S2/c1-3-17-8-11-12(15)14(13(18)19-11)9-5-4-6-10(7-9)16-2/h4-8H,3H2,1-2H3. The van der Waals surface area contributed by atoms with Gasteiger partial charge in [-0.25, -0.2) is 0 Å². The van der Waals surface area contributed by atoms with Crippen LogP contribution in [0.5, 0.6) is 5.75 Å². The van der Waals surface area contributed by atoms with E-state index in [1.54, 1.807) is 13.2 Å². The number of amides is 1. The summed E-state index contributed by atoms with van der Waals surface area (Å²) in [5, 5.41) is 0. The molecule has 1 heterocycles. The Morgan fingerprint density at radius 2 is 2.26 bits per heavy atom. The number of hydrogen-bond acceptors (Lipinski definition) is 5. The van der Waals surface area contributed by atoms with Crippen LogP contribution in [0.25, 0.3) is 0 Å². The number of thioether (sulfide) groups is 1. The van der Waals surface area contributed by atoms with Crippen molar-refractivity contribution in [2.45, 2.75) is 6.92 Å². The van der Waals surface area contributed by atoms with Crippen molar-refractivity contribution in [2.75, 3.05) is 18.6 Å². The smallest absolute Gasteiger partial charge is 0.273 e. The Hall–Kier alpha value is -1.53. The van der Waals surface area contributed by atoms with Gasteiger partial charge in [-0.3, -0.25) is 9.69 Å². The van der Waals surface area contributed by atoms with Crippen LogP contribution in [0.4, 0.5) is 5.69 Å². The van der Waals surface area contributed by atoms with E-state index in [2.05, 4.69) is 0 Å². The molecule has 0 saturated carbocycles. The third-order valence-electron chi connectivity index (χ3n) is 2.46. The molecule has 0 spiro atoms. The molecule has 0 bridgehead atoms. The van der Waals surface area contributed by atoms with Crippen molar-refractivity contribution in [3.63, 3.8) is 0 Å². The van der Waals surface area contributed by atoms with Crippen molar-refractivity contribution in [2.24, 2.45) is 0 Å². The highest BCUT2D eigenvalue weighted by Crippen LogP contribution is 2.35. The number of benzene rings is 1. The summed E-state index contributed by atoms with van der Waals surface area (Å²) in [6.07, 6.45) is 1.46. The minimum Gasteiger partial charge on any atom is -0.500 e. The fourth-order valence-electron chi connectivity index (χ4n) is 1.58. The number of ether oxygens (including phenoxy) is 2. The molecule has 2 rings (SSSR count). The quantitative estimate of drug-likeness (QED) is 0.485. The van der Waals surface area contributed by atoms with Crippen LogP contribution in [0.2, 0.25) is 0 Å². The summed E-state index contributed by atoms with van der Waals surface area (Å²) in [7, 11) is 1.58. The van der Waals surface area contributed by atoms with Gasteiger partial charge in [0.1, 0.15) is 16.9 Å². The highest BCUT2D eigenvalue weighted by molar-refractivity contribution is 8.27. The molecule has 100 valence electrons. The Balaban J connectivity index is 2.29. The van der Waals surface area contributed by atoms with Crippen LogP contribution in [-0.4, -0.2) is 23.9 Å². The van der Waals surface area contributed by atoms with Gasteiger partial charge in [-0.15, -0.1) is 0 Å². The number of nitrogens with zero attached hydrogens (tertiary/aromatic N) is 1. The number of carbonyl (C=O) groups excluding carboxylic acids is 1. The zero-order valence-electron chi connectivity index (χ0n) is 10.6. The van der Waals surface area contributed by atoms with E-state index < -0.39 is 0 Å². The van der Waals surface area contributed by atoms with E-state index in [9.17, 15) is 4.79 Å². The van der Waals surface area contributed by atoms with Gasteiger partial charge in [-0.05, 0) is 19.1 Å². The largest absolute Gasteiger partial charge is 0.500 e. The van der Waals surface area contributed by atoms with Gasteiger partial charge < -0.3 is 9.47 Å². The molecule has 0 unspecified atom stereocenters. The first-order chi connectivity index (χ1) is 9.17.